The van der Waals surface area contributed by atoms with Gasteiger partial charge in [-0.3, -0.25) is 0 Å². The molecule has 2 aromatic rings. The predicted octanol–water partition coefficient (Wildman–Crippen LogP) is 4.09. The van der Waals surface area contributed by atoms with Gasteiger partial charge in [0, 0.05) is 29.5 Å². The van der Waals surface area contributed by atoms with Crippen molar-refractivity contribution in [2.24, 2.45) is 0 Å². The summed E-state index contributed by atoms with van der Waals surface area (Å²) < 4.78 is 12.9. The first kappa shape index (κ1) is 13.7. The number of rotatable bonds is 4. The normalized spacial score (nSPS) is 10.5. The Balaban J connectivity index is 2.23. The molecule has 19 heavy (non-hydrogen) atoms. The standard InChI is InChI=1S/C15H16ClFN2/c1-2-19(14-6-3-12(17)4-7-14)10-11-9-13(18)5-8-15(11)16/h3-9H,2,10,18H2,1H3. The van der Waals surface area contributed by atoms with Crippen LogP contribution in [0.15, 0.2) is 42.5 Å². The molecule has 0 spiro atoms. The lowest BCUT2D eigenvalue weighted by Gasteiger charge is -2.24. The third kappa shape index (κ3) is 3.38. The summed E-state index contributed by atoms with van der Waals surface area (Å²) in [6, 6.07) is 11.9. The van der Waals surface area contributed by atoms with Crippen molar-refractivity contribution < 1.29 is 4.39 Å². The topological polar surface area (TPSA) is 29.3 Å². The molecular formula is C15H16ClFN2. The highest BCUT2D eigenvalue weighted by molar-refractivity contribution is 6.31. The van der Waals surface area contributed by atoms with Crippen LogP contribution >= 0.6 is 11.6 Å². The molecule has 0 aliphatic heterocycles. The number of nitrogens with zero attached hydrogens (tertiary/aromatic N) is 1. The minimum absolute atomic E-state index is 0.234. The first-order chi connectivity index (χ1) is 9.10. The molecule has 2 aromatic carbocycles. The first-order valence-electron chi connectivity index (χ1n) is 6.14. The zero-order chi connectivity index (χ0) is 13.8. The van der Waals surface area contributed by atoms with E-state index in [0.717, 1.165) is 17.8 Å². The minimum Gasteiger partial charge on any atom is -0.399 e. The Kier molecular flexibility index (Phi) is 4.27. The Labute approximate surface area is 117 Å². The fourth-order valence-electron chi connectivity index (χ4n) is 1.96. The average molecular weight is 279 g/mol. The van der Waals surface area contributed by atoms with Crippen molar-refractivity contribution in [1.29, 1.82) is 0 Å². The number of hydrogen-bond donors (Lipinski definition) is 1. The monoisotopic (exact) mass is 278 g/mol. The van der Waals surface area contributed by atoms with Crippen LogP contribution in [0.1, 0.15) is 12.5 Å². The van der Waals surface area contributed by atoms with E-state index in [-0.39, 0.29) is 5.82 Å². The lowest BCUT2D eigenvalue weighted by molar-refractivity contribution is 0.627. The van der Waals surface area contributed by atoms with Crippen molar-refractivity contribution >= 4 is 23.0 Å². The second-order valence-corrected chi connectivity index (χ2v) is 4.75. The van der Waals surface area contributed by atoms with E-state index >= 15 is 0 Å². The van der Waals surface area contributed by atoms with Crippen LogP contribution in [0.4, 0.5) is 15.8 Å². The molecule has 2 N–H and O–H groups in total. The van der Waals surface area contributed by atoms with Gasteiger partial charge in [0.05, 0.1) is 0 Å². The quantitative estimate of drug-likeness (QED) is 0.854. The van der Waals surface area contributed by atoms with Crippen molar-refractivity contribution in [2.45, 2.75) is 13.5 Å². The summed E-state index contributed by atoms with van der Waals surface area (Å²) in [6.45, 7) is 3.49. The Hall–Kier alpha value is -1.74. The Bertz CT molecular complexity index is 555. The molecule has 4 heteroatoms. The molecule has 2 rings (SSSR count). The SMILES string of the molecule is CCN(Cc1cc(N)ccc1Cl)c1ccc(F)cc1. The van der Waals surface area contributed by atoms with E-state index in [0.29, 0.717) is 17.3 Å². The molecule has 2 nitrogen and oxygen atoms in total. The second kappa shape index (κ2) is 5.93. The Morgan fingerprint density at radius 1 is 1.16 bits per heavy atom. The fourth-order valence-corrected chi connectivity index (χ4v) is 2.14. The first-order valence-corrected chi connectivity index (χ1v) is 6.52. The summed E-state index contributed by atoms with van der Waals surface area (Å²) in [5.74, 6) is -0.234. The number of nitrogen functional groups attached to an aromatic ring is 1. The molecule has 0 fully saturated rings. The highest BCUT2D eigenvalue weighted by Crippen LogP contribution is 2.23. The number of benzene rings is 2. The third-order valence-corrected chi connectivity index (χ3v) is 3.37. The van der Waals surface area contributed by atoms with Gasteiger partial charge in [-0.05, 0) is 55.0 Å². The molecule has 0 atom stereocenters. The number of nitrogens with two attached hydrogens (primary N) is 1. The van der Waals surface area contributed by atoms with Gasteiger partial charge in [-0.15, -0.1) is 0 Å². The van der Waals surface area contributed by atoms with Crippen LogP contribution in [0.25, 0.3) is 0 Å². The van der Waals surface area contributed by atoms with Crippen molar-refractivity contribution in [3.63, 3.8) is 0 Å². The van der Waals surface area contributed by atoms with Gasteiger partial charge in [-0.25, -0.2) is 4.39 Å². The van der Waals surface area contributed by atoms with E-state index in [1.165, 1.54) is 12.1 Å². The van der Waals surface area contributed by atoms with E-state index in [2.05, 4.69) is 4.90 Å². The second-order valence-electron chi connectivity index (χ2n) is 4.34. The van der Waals surface area contributed by atoms with Crippen LogP contribution in [0.2, 0.25) is 5.02 Å². The van der Waals surface area contributed by atoms with E-state index in [1.807, 2.05) is 13.0 Å². The van der Waals surface area contributed by atoms with E-state index in [4.69, 9.17) is 17.3 Å². The van der Waals surface area contributed by atoms with E-state index < -0.39 is 0 Å². The van der Waals surface area contributed by atoms with Gasteiger partial charge in [0.2, 0.25) is 0 Å². The fraction of sp³-hybridized carbons (Fsp3) is 0.200. The summed E-state index contributed by atoms with van der Waals surface area (Å²) >= 11 is 6.17. The van der Waals surface area contributed by atoms with Crippen LogP contribution in [0.5, 0.6) is 0 Å². The Morgan fingerprint density at radius 2 is 1.84 bits per heavy atom. The molecule has 0 amide bonds. The van der Waals surface area contributed by atoms with Crippen molar-refractivity contribution in [3.05, 3.63) is 58.9 Å². The molecule has 0 bridgehead atoms. The van der Waals surface area contributed by atoms with Crippen molar-refractivity contribution in [1.82, 2.24) is 0 Å². The predicted molar refractivity (Wildman–Crippen MR) is 79.0 cm³/mol. The zero-order valence-corrected chi connectivity index (χ0v) is 11.5. The van der Waals surface area contributed by atoms with E-state index in [1.54, 1.807) is 24.3 Å². The summed E-state index contributed by atoms with van der Waals surface area (Å²) in [7, 11) is 0. The van der Waals surface area contributed by atoms with Gasteiger partial charge >= 0.3 is 0 Å². The lowest BCUT2D eigenvalue weighted by atomic mass is 10.1. The lowest BCUT2D eigenvalue weighted by Crippen LogP contribution is -2.22. The van der Waals surface area contributed by atoms with Gasteiger partial charge in [0.1, 0.15) is 5.82 Å². The maximum atomic E-state index is 12.9. The van der Waals surface area contributed by atoms with Gasteiger partial charge < -0.3 is 10.6 Å². The third-order valence-electron chi connectivity index (χ3n) is 3.00. The van der Waals surface area contributed by atoms with Crippen LogP contribution in [-0.2, 0) is 6.54 Å². The summed E-state index contributed by atoms with van der Waals surface area (Å²) in [5, 5.41) is 0.690. The average Bonchev–Trinajstić information content (AvgIpc) is 2.41. The van der Waals surface area contributed by atoms with Gasteiger partial charge in [0.15, 0.2) is 0 Å². The molecule has 0 aliphatic carbocycles. The molecule has 0 aromatic heterocycles. The molecule has 0 aliphatic rings. The van der Waals surface area contributed by atoms with Crippen LogP contribution in [-0.4, -0.2) is 6.54 Å². The highest BCUT2D eigenvalue weighted by atomic mass is 35.5. The van der Waals surface area contributed by atoms with Crippen LogP contribution in [0.3, 0.4) is 0 Å². The molecular weight excluding hydrogens is 263 g/mol. The van der Waals surface area contributed by atoms with E-state index in [9.17, 15) is 4.39 Å². The molecule has 0 radical (unpaired) electrons. The maximum Gasteiger partial charge on any atom is 0.123 e. The Morgan fingerprint density at radius 3 is 2.47 bits per heavy atom. The molecule has 0 unspecified atom stereocenters. The molecule has 100 valence electrons. The smallest absolute Gasteiger partial charge is 0.123 e. The maximum absolute atomic E-state index is 12.9. The van der Waals surface area contributed by atoms with Gasteiger partial charge in [-0.1, -0.05) is 11.6 Å². The number of halogens is 2. The van der Waals surface area contributed by atoms with Crippen LogP contribution < -0.4 is 10.6 Å². The molecule has 0 saturated carbocycles. The zero-order valence-electron chi connectivity index (χ0n) is 10.7. The van der Waals surface area contributed by atoms with Crippen molar-refractivity contribution in [3.8, 4) is 0 Å². The van der Waals surface area contributed by atoms with Crippen LogP contribution in [0, 0.1) is 5.82 Å². The number of anilines is 2. The molecule has 0 heterocycles. The number of hydrogen-bond acceptors (Lipinski definition) is 2. The van der Waals surface area contributed by atoms with Gasteiger partial charge in [0.25, 0.3) is 0 Å². The molecule has 0 saturated heterocycles. The summed E-state index contributed by atoms with van der Waals surface area (Å²) in [5.41, 5.74) is 8.39. The minimum atomic E-state index is -0.234. The van der Waals surface area contributed by atoms with Crippen molar-refractivity contribution in [2.75, 3.05) is 17.2 Å². The van der Waals surface area contributed by atoms with Gasteiger partial charge in [-0.2, -0.15) is 0 Å². The highest BCUT2D eigenvalue weighted by Gasteiger charge is 2.08. The largest absolute Gasteiger partial charge is 0.399 e. The summed E-state index contributed by atoms with van der Waals surface area (Å²) in [6.07, 6.45) is 0. The summed E-state index contributed by atoms with van der Waals surface area (Å²) in [4.78, 5) is 2.11.